The first-order valence-corrected chi connectivity index (χ1v) is 5.92. The zero-order valence-electron chi connectivity index (χ0n) is 9.59. The van der Waals surface area contributed by atoms with E-state index in [2.05, 4.69) is 10.2 Å². The predicted octanol–water partition coefficient (Wildman–Crippen LogP) is 1.67. The van der Waals surface area contributed by atoms with Crippen LogP contribution >= 0.6 is 12.4 Å². The molecule has 94 valence electrons. The van der Waals surface area contributed by atoms with Gasteiger partial charge in [-0.25, -0.2) is 0 Å². The number of nitrogens with zero attached hydrogens (tertiary/aromatic N) is 1. The van der Waals surface area contributed by atoms with Crippen LogP contribution in [0, 0.1) is 0 Å². The molecule has 0 aromatic carbocycles. The van der Waals surface area contributed by atoms with Gasteiger partial charge in [0.15, 0.2) is 0 Å². The molecule has 2 atom stereocenters. The Hall–Kier alpha value is -1.00. The molecule has 5 heteroatoms. The van der Waals surface area contributed by atoms with Gasteiger partial charge in [0.25, 0.3) is 5.91 Å². The van der Waals surface area contributed by atoms with E-state index in [4.69, 9.17) is 4.42 Å². The lowest BCUT2D eigenvalue weighted by Gasteiger charge is -2.27. The number of fused-ring (bicyclic) bond motifs is 2. The minimum Gasteiger partial charge on any atom is -0.472 e. The fourth-order valence-electron chi connectivity index (χ4n) is 2.85. The Morgan fingerprint density at radius 2 is 2.18 bits per heavy atom. The molecule has 0 aliphatic carbocycles. The van der Waals surface area contributed by atoms with Crippen molar-refractivity contribution in [2.24, 2.45) is 0 Å². The molecule has 2 unspecified atom stereocenters. The van der Waals surface area contributed by atoms with Crippen molar-refractivity contribution in [1.82, 2.24) is 10.2 Å². The monoisotopic (exact) mass is 256 g/mol. The van der Waals surface area contributed by atoms with Crippen molar-refractivity contribution >= 4 is 18.3 Å². The smallest absolute Gasteiger partial charge is 0.257 e. The highest BCUT2D eigenvalue weighted by molar-refractivity contribution is 5.94. The molecule has 3 heterocycles. The van der Waals surface area contributed by atoms with Crippen molar-refractivity contribution in [1.29, 1.82) is 0 Å². The third-order valence-corrected chi connectivity index (χ3v) is 3.66. The molecule has 0 saturated carbocycles. The second kappa shape index (κ2) is 5.10. The molecule has 1 amide bonds. The van der Waals surface area contributed by atoms with Gasteiger partial charge < -0.3 is 14.6 Å². The molecular weight excluding hydrogens is 240 g/mol. The van der Waals surface area contributed by atoms with E-state index < -0.39 is 0 Å². The Balaban J connectivity index is 0.00000108. The molecule has 1 aromatic rings. The summed E-state index contributed by atoms with van der Waals surface area (Å²) >= 11 is 0. The minimum absolute atomic E-state index is 0. The summed E-state index contributed by atoms with van der Waals surface area (Å²) in [5, 5.41) is 3.39. The number of amides is 1. The van der Waals surface area contributed by atoms with Crippen LogP contribution in [0.5, 0.6) is 0 Å². The van der Waals surface area contributed by atoms with Gasteiger partial charge in [-0.1, -0.05) is 0 Å². The summed E-state index contributed by atoms with van der Waals surface area (Å²) in [5.74, 6) is 0.130. The van der Waals surface area contributed by atoms with Gasteiger partial charge in [0.1, 0.15) is 6.26 Å². The van der Waals surface area contributed by atoms with Crippen molar-refractivity contribution in [2.45, 2.75) is 31.3 Å². The van der Waals surface area contributed by atoms with Gasteiger partial charge in [-0.2, -0.15) is 0 Å². The number of nitrogens with one attached hydrogen (secondary N) is 1. The minimum atomic E-state index is 0. The lowest BCUT2D eigenvalue weighted by atomic mass is 10.1. The van der Waals surface area contributed by atoms with Crippen LogP contribution < -0.4 is 5.32 Å². The Morgan fingerprint density at radius 1 is 1.35 bits per heavy atom. The Bertz CT molecular complexity index is 366. The van der Waals surface area contributed by atoms with E-state index in [1.54, 1.807) is 18.6 Å². The van der Waals surface area contributed by atoms with E-state index in [0.717, 1.165) is 32.4 Å². The second-order valence-corrected chi connectivity index (χ2v) is 4.60. The zero-order valence-corrected chi connectivity index (χ0v) is 10.4. The molecule has 1 aromatic heterocycles. The first kappa shape index (κ1) is 12.5. The Kier molecular flexibility index (Phi) is 3.74. The van der Waals surface area contributed by atoms with Crippen LogP contribution in [0.15, 0.2) is 23.0 Å². The van der Waals surface area contributed by atoms with Gasteiger partial charge >= 0.3 is 0 Å². The molecule has 4 nitrogen and oxygen atoms in total. The molecular formula is C12H17ClN2O2. The van der Waals surface area contributed by atoms with Gasteiger partial charge in [-0.05, 0) is 31.9 Å². The predicted molar refractivity (Wildman–Crippen MR) is 66.4 cm³/mol. The molecule has 0 radical (unpaired) electrons. The standard InChI is InChI=1S/C12H16N2O2.ClH/c15-12(9-4-6-16-8-9)14-10-1-2-11(14)7-13-5-3-10;/h4,6,8,10-11,13H,1-3,5,7H2;1H. The number of carbonyl (C=O) groups is 1. The van der Waals surface area contributed by atoms with Gasteiger partial charge in [-0.15, -0.1) is 12.4 Å². The van der Waals surface area contributed by atoms with Crippen LogP contribution in [0.1, 0.15) is 29.6 Å². The number of halogens is 1. The fraction of sp³-hybridized carbons (Fsp3) is 0.583. The fourth-order valence-corrected chi connectivity index (χ4v) is 2.85. The molecule has 3 rings (SSSR count). The van der Waals surface area contributed by atoms with Crippen molar-refractivity contribution in [3.8, 4) is 0 Å². The third kappa shape index (κ3) is 2.19. The summed E-state index contributed by atoms with van der Waals surface area (Å²) in [7, 11) is 0. The highest BCUT2D eigenvalue weighted by atomic mass is 35.5. The van der Waals surface area contributed by atoms with E-state index in [1.807, 2.05) is 0 Å². The van der Waals surface area contributed by atoms with Gasteiger partial charge in [-0.3, -0.25) is 4.79 Å². The van der Waals surface area contributed by atoms with Crippen LogP contribution in [0.2, 0.25) is 0 Å². The molecule has 2 aliphatic rings. The first-order valence-electron chi connectivity index (χ1n) is 5.92. The van der Waals surface area contributed by atoms with Crippen LogP contribution in [0.4, 0.5) is 0 Å². The number of carbonyl (C=O) groups excluding carboxylic acids is 1. The lowest BCUT2D eigenvalue weighted by molar-refractivity contribution is 0.0679. The SMILES string of the molecule is Cl.O=C(c1ccoc1)N1C2CCNCC1CC2. The van der Waals surface area contributed by atoms with Crippen LogP contribution in [-0.2, 0) is 0 Å². The molecule has 2 fully saturated rings. The maximum Gasteiger partial charge on any atom is 0.257 e. The van der Waals surface area contributed by atoms with Crippen LogP contribution in [0.25, 0.3) is 0 Å². The lowest BCUT2D eigenvalue weighted by Crippen LogP contribution is -2.42. The van der Waals surface area contributed by atoms with E-state index in [9.17, 15) is 4.79 Å². The second-order valence-electron chi connectivity index (χ2n) is 4.60. The number of hydrogen-bond donors (Lipinski definition) is 1. The number of furan rings is 1. The molecule has 2 saturated heterocycles. The summed E-state index contributed by atoms with van der Waals surface area (Å²) in [4.78, 5) is 14.4. The summed E-state index contributed by atoms with van der Waals surface area (Å²) in [6.45, 7) is 1.95. The summed E-state index contributed by atoms with van der Waals surface area (Å²) < 4.78 is 4.99. The summed E-state index contributed by atoms with van der Waals surface area (Å²) in [6, 6.07) is 2.54. The highest BCUT2D eigenvalue weighted by Crippen LogP contribution is 2.29. The number of hydrogen-bond acceptors (Lipinski definition) is 3. The Labute approximate surface area is 107 Å². The third-order valence-electron chi connectivity index (χ3n) is 3.66. The highest BCUT2D eigenvalue weighted by Gasteiger charge is 2.38. The van der Waals surface area contributed by atoms with E-state index >= 15 is 0 Å². The first-order chi connectivity index (χ1) is 7.86. The summed E-state index contributed by atoms with van der Waals surface area (Å²) in [5.41, 5.74) is 0.679. The molecule has 2 bridgehead atoms. The van der Waals surface area contributed by atoms with Crippen molar-refractivity contribution in [3.63, 3.8) is 0 Å². The molecule has 1 N–H and O–H groups in total. The van der Waals surface area contributed by atoms with Gasteiger partial charge in [0.05, 0.1) is 11.8 Å². The maximum absolute atomic E-state index is 12.3. The average molecular weight is 257 g/mol. The van der Waals surface area contributed by atoms with Crippen LogP contribution in [0.3, 0.4) is 0 Å². The van der Waals surface area contributed by atoms with Crippen LogP contribution in [-0.4, -0.2) is 36.0 Å². The average Bonchev–Trinajstić information content (AvgIpc) is 2.84. The molecule has 2 aliphatic heterocycles. The van der Waals surface area contributed by atoms with Gasteiger partial charge in [0, 0.05) is 18.6 Å². The number of rotatable bonds is 1. The Morgan fingerprint density at radius 3 is 2.94 bits per heavy atom. The zero-order chi connectivity index (χ0) is 11.0. The van der Waals surface area contributed by atoms with Crippen molar-refractivity contribution < 1.29 is 9.21 Å². The van der Waals surface area contributed by atoms with Crippen molar-refractivity contribution in [2.75, 3.05) is 13.1 Å². The quantitative estimate of drug-likeness (QED) is 0.831. The van der Waals surface area contributed by atoms with E-state index in [1.165, 1.54) is 0 Å². The van der Waals surface area contributed by atoms with E-state index in [0.29, 0.717) is 17.6 Å². The van der Waals surface area contributed by atoms with E-state index in [-0.39, 0.29) is 18.3 Å². The molecule has 0 spiro atoms. The summed E-state index contributed by atoms with van der Waals surface area (Å²) in [6.07, 6.45) is 6.45. The van der Waals surface area contributed by atoms with Gasteiger partial charge in [0.2, 0.25) is 0 Å². The normalized spacial score (nSPS) is 27.4. The topological polar surface area (TPSA) is 45.5 Å². The maximum atomic E-state index is 12.3. The van der Waals surface area contributed by atoms with Crippen molar-refractivity contribution in [3.05, 3.63) is 24.2 Å². The molecule has 17 heavy (non-hydrogen) atoms. The largest absolute Gasteiger partial charge is 0.472 e.